The van der Waals surface area contributed by atoms with Gasteiger partial charge in [0.1, 0.15) is 0 Å². The van der Waals surface area contributed by atoms with Crippen LogP contribution in [0.5, 0.6) is 0 Å². The zero-order valence-corrected chi connectivity index (χ0v) is 14.9. The van der Waals surface area contributed by atoms with E-state index < -0.39 is 15.4 Å². The third-order valence-corrected chi connectivity index (χ3v) is 4.55. The van der Waals surface area contributed by atoms with Crippen LogP contribution in [0.4, 0.5) is 11.5 Å². The van der Waals surface area contributed by atoms with Gasteiger partial charge in [0.15, 0.2) is 11.0 Å². The van der Waals surface area contributed by atoms with E-state index in [0.717, 1.165) is 0 Å². The molecule has 0 atom stereocenters. The number of nitrogens with zero attached hydrogens (tertiary/aromatic N) is 2. The van der Waals surface area contributed by atoms with Gasteiger partial charge in [-0.25, -0.2) is 8.42 Å². The van der Waals surface area contributed by atoms with Gasteiger partial charge in [-0.1, -0.05) is 32.4 Å². The first-order valence-electron chi connectivity index (χ1n) is 7.01. The maximum atomic E-state index is 12.3. The second kappa shape index (κ2) is 6.74. The highest BCUT2D eigenvalue weighted by Gasteiger charge is 2.21. The molecule has 0 spiro atoms. The molecule has 0 aliphatic carbocycles. The van der Waals surface area contributed by atoms with Crippen LogP contribution in [0.2, 0.25) is 5.15 Å². The van der Waals surface area contributed by atoms with E-state index in [-0.39, 0.29) is 21.8 Å². The molecule has 1 aromatic carbocycles. The third kappa shape index (κ3) is 4.65. The molecule has 1 amide bonds. The van der Waals surface area contributed by atoms with Crippen molar-refractivity contribution >= 4 is 39.0 Å². The Morgan fingerprint density at radius 3 is 2.17 bits per heavy atom. The monoisotopic (exact) mass is 368 g/mol. The maximum Gasteiger partial charge on any atom is 0.263 e. The van der Waals surface area contributed by atoms with E-state index in [4.69, 9.17) is 11.6 Å². The van der Waals surface area contributed by atoms with Gasteiger partial charge < -0.3 is 5.32 Å². The van der Waals surface area contributed by atoms with Crippen LogP contribution in [0.25, 0.3) is 0 Å². The van der Waals surface area contributed by atoms with Crippen molar-refractivity contribution in [3.05, 3.63) is 41.6 Å². The van der Waals surface area contributed by atoms with Gasteiger partial charge in [-0.15, -0.1) is 10.2 Å². The highest BCUT2D eigenvalue weighted by Crippen LogP contribution is 2.20. The highest BCUT2D eigenvalue weighted by molar-refractivity contribution is 7.92. The molecule has 24 heavy (non-hydrogen) atoms. The van der Waals surface area contributed by atoms with Crippen molar-refractivity contribution < 1.29 is 13.2 Å². The average molecular weight is 369 g/mol. The minimum absolute atomic E-state index is 0.0352. The normalized spacial score (nSPS) is 11.8. The Kier molecular flexibility index (Phi) is 5.10. The Morgan fingerprint density at radius 2 is 1.67 bits per heavy atom. The molecule has 0 fully saturated rings. The topological polar surface area (TPSA) is 101 Å². The lowest BCUT2D eigenvalue weighted by molar-refractivity contribution is -0.123. The number of anilines is 2. The first-order chi connectivity index (χ1) is 11.1. The quantitative estimate of drug-likeness (QED) is 0.864. The Bertz CT molecular complexity index is 829. The van der Waals surface area contributed by atoms with E-state index >= 15 is 0 Å². The summed E-state index contributed by atoms with van der Waals surface area (Å²) in [7, 11) is -3.81. The SMILES string of the molecule is CC(C)(C)C(=O)Nc1ccc(S(=O)(=O)Nc2ccc(Cl)nn2)cc1. The average Bonchev–Trinajstić information content (AvgIpc) is 2.49. The molecule has 7 nitrogen and oxygen atoms in total. The lowest BCUT2D eigenvalue weighted by atomic mass is 9.95. The van der Waals surface area contributed by atoms with Crippen molar-refractivity contribution in [2.75, 3.05) is 10.0 Å². The van der Waals surface area contributed by atoms with Crippen LogP contribution in [0.15, 0.2) is 41.3 Å². The summed E-state index contributed by atoms with van der Waals surface area (Å²) in [6.07, 6.45) is 0. The van der Waals surface area contributed by atoms with Crippen LogP contribution in [-0.2, 0) is 14.8 Å². The summed E-state index contributed by atoms with van der Waals surface area (Å²) < 4.78 is 26.9. The van der Waals surface area contributed by atoms with Crippen LogP contribution in [0.1, 0.15) is 20.8 Å². The van der Waals surface area contributed by atoms with E-state index in [1.807, 2.05) is 0 Å². The Balaban J connectivity index is 2.14. The Labute approximate surface area is 145 Å². The summed E-state index contributed by atoms with van der Waals surface area (Å²) in [5.41, 5.74) is -0.0281. The molecular formula is C15H17ClN4O3S. The summed E-state index contributed by atoms with van der Waals surface area (Å²) in [5.74, 6) is -0.0998. The summed E-state index contributed by atoms with van der Waals surface area (Å²) in [6, 6.07) is 8.66. The molecule has 0 saturated heterocycles. The number of amides is 1. The third-order valence-electron chi connectivity index (χ3n) is 2.97. The van der Waals surface area contributed by atoms with Gasteiger partial charge in [-0.05, 0) is 36.4 Å². The molecule has 0 saturated carbocycles. The molecule has 0 aliphatic rings. The molecule has 128 valence electrons. The van der Waals surface area contributed by atoms with Crippen LogP contribution >= 0.6 is 11.6 Å². The van der Waals surface area contributed by atoms with Gasteiger partial charge in [-0.3, -0.25) is 9.52 Å². The van der Waals surface area contributed by atoms with Crippen molar-refractivity contribution in [1.29, 1.82) is 0 Å². The van der Waals surface area contributed by atoms with E-state index in [1.165, 1.54) is 36.4 Å². The van der Waals surface area contributed by atoms with Crippen molar-refractivity contribution in [1.82, 2.24) is 10.2 Å². The molecular weight excluding hydrogens is 352 g/mol. The highest BCUT2D eigenvalue weighted by atomic mass is 35.5. The van der Waals surface area contributed by atoms with E-state index in [0.29, 0.717) is 5.69 Å². The predicted molar refractivity (Wildman–Crippen MR) is 92.4 cm³/mol. The summed E-state index contributed by atoms with van der Waals surface area (Å²) in [4.78, 5) is 12.0. The zero-order chi connectivity index (χ0) is 18.0. The summed E-state index contributed by atoms with van der Waals surface area (Å²) in [5, 5.41) is 10.1. The molecule has 0 radical (unpaired) electrons. The van der Waals surface area contributed by atoms with Crippen LogP contribution < -0.4 is 10.0 Å². The summed E-state index contributed by atoms with van der Waals surface area (Å²) >= 11 is 5.61. The number of nitrogens with one attached hydrogen (secondary N) is 2. The van der Waals surface area contributed by atoms with Crippen molar-refractivity contribution in [3.63, 3.8) is 0 Å². The number of carbonyl (C=O) groups is 1. The second-order valence-corrected chi connectivity index (χ2v) is 8.14. The largest absolute Gasteiger partial charge is 0.326 e. The van der Waals surface area contributed by atoms with Gasteiger partial charge in [-0.2, -0.15) is 0 Å². The first-order valence-corrected chi connectivity index (χ1v) is 8.88. The van der Waals surface area contributed by atoms with E-state index in [1.54, 1.807) is 20.8 Å². The molecule has 1 aromatic heterocycles. The Morgan fingerprint density at radius 1 is 1.04 bits per heavy atom. The first kappa shape index (κ1) is 18.2. The molecule has 0 unspecified atom stereocenters. The van der Waals surface area contributed by atoms with Crippen LogP contribution in [0, 0.1) is 5.41 Å². The zero-order valence-electron chi connectivity index (χ0n) is 13.4. The van der Waals surface area contributed by atoms with E-state index in [2.05, 4.69) is 20.2 Å². The fourth-order valence-corrected chi connectivity index (χ4v) is 2.70. The van der Waals surface area contributed by atoms with Gasteiger partial charge >= 0.3 is 0 Å². The van der Waals surface area contributed by atoms with E-state index in [9.17, 15) is 13.2 Å². The smallest absolute Gasteiger partial charge is 0.263 e. The molecule has 0 bridgehead atoms. The number of hydrogen-bond acceptors (Lipinski definition) is 5. The number of halogens is 1. The van der Waals surface area contributed by atoms with Crippen LogP contribution in [-0.4, -0.2) is 24.5 Å². The van der Waals surface area contributed by atoms with Crippen molar-refractivity contribution in [3.8, 4) is 0 Å². The molecule has 2 rings (SSSR count). The number of carbonyl (C=O) groups excluding carboxylic acids is 1. The standard InChI is InChI=1S/C15H17ClN4O3S/c1-15(2,3)14(21)17-10-4-6-11(7-5-10)24(22,23)20-13-9-8-12(16)18-19-13/h4-9H,1-3H3,(H,17,21)(H,19,20). The number of aromatic nitrogens is 2. The fourth-order valence-electron chi connectivity index (χ4n) is 1.60. The molecule has 9 heteroatoms. The predicted octanol–water partition coefficient (Wildman–Crippen LogP) is 2.92. The lowest BCUT2D eigenvalue weighted by Gasteiger charge is -2.17. The number of sulfonamides is 1. The fraction of sp³-hybridized carbons (Fsp3) is 0.267. The van der Waals surface area contributed by atoms with Gasteiger partial charge in [0.25, 0.3) is 10.0 Å². The minimum Gasteiger partial charge on any atom is -0.326 e. The molecule has 0 aliphatic heterocycles. The van der Waals surface area contributed by atoms with Gasteiger partial charge in [0, 0.05) is 11.1 Å². The molecule has 1 heterocycles. The number of hydrogen-bond donors (Lipinski definition) is 2. The molecule has 2 aromatic rings. The lowest BCUT2D eigenvalue weighted by Crippen LogP contribution is -2.27. The van der Waals surface area contributed by atoms with Crippen molar-refractivity contribution in [2.45, 2.75) is 25.7 Å². The minimum atomic E-state index is -3.81. The number of benzene rings is 1. The second-order valence-electron chi connectivity index (χ2n) is 6.08. The molecule has 2 N–H and O–H groups in total. The van der Waals surface area contributed by atoms with Gasteiger partial charge in [0.05, 0.1) is 4.90 Å². The maximum absolute atomic E-state index is 12.3. The van der Waals surface area contributed by atoms with Gasteiger partial charge in [0.2, 0.25) is 5.91 Å². The van der Waals surface area contributed by atoms with Crippen molar-refractivity contribution in [2.24, 2.45) is 5.41 Å². The van der Waals surface area contributed by atoms with Crippen LogP contribution in [0.3, 0.4) is 0 Å². The number of rotatable bonds is 4. The Hall–Kier alpha value is -2.19. The summed E-state index contributed by atoms with van der Waals surface area (Å²) in [6.45, 7) is 5.37.